The van der Waals surface area contributed by atoms with Gasteiger partial charge in [0.15, 0.2) is 0 Å². The highest BCUT2D eigenvalue weighted by Gasteiger charge is 2.20. The van der Waals surface area contributed by atoms with Crippen LogP contribution in [-0.2, 0) is 11.2 Å². The van der Waals surface area contributed by atoms with Crippen LogP contribution >= 0.6 is 0 Å². The molecule has 0 spiro atoms. The third-order valence-corrected chi connectivity index (χ3v) is 5.22. The van der Waals surface area contributed by atoms with Gasteiger partial charge in [-0.25, -0.2) is 4.98 Å². The number of rotatable bonds is 7. The normalized spacial score (nSPS) is 13.1. The van der Waals surface area contributed by atoms with Crippen LogP contribution in [0, 0.1) is 0 Å². The monoisotopic (exact) mass is 383 g/mol. The molecule has 146 valence electrons. The summed E-state index contributed by atoms with van der Waals surface area (Å²) in [5.74, 6) is 0.975. The summed E-state index contributed by atoms with van der Waals surface area (Å²) in [4.78, 5) is 21.0. The quantitative estimate of drug-likeness (QED) is 0.463. The van der Waals surface area contributed by atoms with Crippen molar-refractivity contribution in [1.29, 1.82) is 0 Å². The molecule has 4 heteroatoms. The number of nitrogens with one attached hydrogen (secondary N) is 2. The summed E-state index contributed by atoms with van der Waals surface area (Å²) in [6.45, 7) is 2.09. The standard InChI is InChI=1S/C25H25N3O/c1-18(20-12-6-3-7-13-20)16-24(29)26-23(17-19-10-4-2-5-11-19)25-27-21-14-8-9-15-22(21)28-25/h2-15,18,23H,16-17H2,1H3,(H,26,29)(H,27,28)/t18-,23-/m0/s1. The number of benzene rings is 3. The number of fused-ring (bicyclic) bond motifs is 1. The maximum absolute atomic E-state index is 12.9. The lowest BCUT2D eigenvalue weighted by Crippen LogP contribution is -2.31. The molecule has 0 bridgehead atoms. The summed E-state index contributed by atoms with van der Waals surface area (Å²) in [6.07, 6.45) is 1.13. The van der Waals surface area contributed by atoms with Crippen LogP contribution in [0.15, 0.2) is 84.9 Å². The number of carbonyl (C=O) groups excluding carboxylic acids is 1. The summed E-state index contributed by atoms with van der Waals surface area (Å²) in [5.41, 5.74) is 4.22. The molecule has 0 aliphatic heterocycles. The van der Waals surface area contributed by atoms with Crippen LogP contribution in [-0.4, -0.2) is 15.9 Å². The van der Waals surface area contributed by atoms with Gasteiger partial charge in [0.2, 0.25) is 5.91 Å². The van der Waals surface area contributed by atoms with Crippen LogP contribution in [0.1, 0.15) is 42.3 Å². The Hall–Kier alpha value is -3.40. The molecule has 4 nitrogen and oxygen atoms in total. The van der Waals surface area contributed by atoms with Gasteiger partial charge in [0.1, 0.15) is 5.82 Å². The van der Waals surface area contributed by atoms with Crippen molar-refractivity contribution < 1.29 is 4.79 Å². The lowest BCUT2D eigenvalue weighted by molar-refractivity contribution is -0.122. The average molecular weight is 383 g/mol. The Bertz CT molecular complexity index is 1040. The van der Waals surface area contributed by atoms with E-state index in [9.17, 15) is 4.79 Å². The van der Waals surface area contributed by atoms with E-state index in [1.807, 2.05) is 60.7 Å². The number of hydrogen-bond donors (Lipinski definition) is 2. The molecule has 1 heterocycles. The Kier molecular flexibility index (Phi) is 5.71. The second-order valence-electron chi connectivity index (χ2n) is 7.46. The lowest BCUT2D eigenvalue weighted by Gasteiger charge is -2.19. The van der Waals surface area contributed by atoms with Crippen LogP contribution < -0.4 is 5.32 Å². The topological polar surface area (TPSA) is 57.8 Å². The molecular formula is C25H25N3O. The number of hydrogen-bond acceptors (Lipinski definition) is 2. The Morgan fingerprint density at radius 3 is 2.31 bits per heavy atom. The van der Waals surface area contributed by atoms with E-state index in [2.05, 4.69) is 41.5 Å². The first-order chi connectivity index (χ1) is 14.2. The molecule has 1 amide bonds. The van der Waals surface area contributed by atoms with Gasteiger partial charge in [-0.1, -0.05) is 79.7 Å². The predicted molar refractivity (Wildman–Crippen MR) is 117 cm³/mol. The first-order valence-electron chi connectivity index (χ1n) is 10.0. The fourth-order valence-electron chi connectivity index (χ4n) is 3.63. The summed E-state index contributed by atoms with van der Waals surface area (Å²) in [6, 6.07) is 28.1. The van der Waals surface area contributed by atoms with Crippen molar-refractivity contribution in [2.45, 2.75) is 31.7 Å². The van der Waals surface area contributed by atoms with Gasteiger partial charge in [-0.3, -0.25) is 4.79 Å². The molecule has 2 N–H and O–H groups in total. The molecule has 3 aromatic carbocycles. The summed E-state index contributed by atoms with van der Waals surface area (Å²) in [7, 11) is 0. The van der Waals surface area contributed by atoms with Gasteiger partial charge in [-0.2, -0.15) is 0 Å². The number of imidazole rings is 1. The number of para-hydroxylation sites is 2. The van der Waals surface area contributed by atoms with Gasteiger partial charge in [-0.05, 0) is 35.6 Å². The van der Waals surface area contributed by atoms with E-state index in [0.29, 0.717) is 12.8 Å². The van der Waals surface area contributed by atoms with E-state index < -0.39 is 0 Å². The molecule has 4 rings (SSSR count). The van der Waals surface area contributed by atoms with Crippen LogP contribution in [0.4, 0.5) is 0 Å². The molecule has 2 atom stereocenters. The molecule has 0 fully saturated rings. The zero-order chi connectivity index (χ0) is 20.1. The van der Waals surface area contributed by atoms with Crippen molar-refractivity contribution in [3.05, 3.63) is 102 Å². The summed E-state index contributed by atoms with van der Waals surface area (Å²) < 4.78 is 0. The molecule has 0 aliphatic rings. The minimum atomic E-state index is -0.208. The van der Waals surface area contributed by atoms with Gasteiger partial charge < -0.3 is 10.3 Å². The van der Waals surface area contributed by atoms with Gasteiger partial charge in [0.05, 0.1) is 17.1 Å². The predicted octanol–water partition coefficient (Wildman–Crippen LogP) is 5.16. The van der Waals surface area contributed by atoms with Crippen LogP contribution in [0.3, 0.4) is 0 Å². The van der Waals surface area contributed by atoms with E-state index in [-0.39, 0.29) is 17.9 Å². The number of H-pyrrole nitrogens is 1. The molecule has 0 saturated carbocycles. The molecule has 29 heavy (non-hydrogen) atoms. The Balaban J connectivity index is 1.54. The number of carbonyl (C=O) groups is 1. The highest BCUT2D eigenvalue weighted by molar-refractivity contribution is 5.78. The minimum Gasteiger partial charge on any atom is -0.346 e. The summed E-state index contributed by atoms with van der Waals surface area (Å²) >= 11 is 0. The van der Waals surface area contributed by atoms with Gasteiger partial charge >= 0.3 is 0 Å². The second kappa shape index (κ2) is 8.74. The highest BCUT2D eigenvalue weighted by Crippen LogP contribution is 2.22. The van der Waals surface area contributed by atoms with E-state index >= 15 is 0 Å². The van der Waals surface area contributed by atoms with E-state index in [0.717, 1.165) is 22.4 Å². The van der Waals surface area contributed by atoms with Crippen molar-refractivity contribution in [1.82, 2.24) is 15.3 Å². The molecule has 0 aliphatic carbocycles. The smallest absolute Gasteiger partial charge is 0.221 e. The van der Waals surface area contributed by atoms with Crippen molar-refractivity contribution in [2.24, 2.45) is 0 Å². The minimum absolute atomic E-state index is 0.0303. The molecule has 0 unspecified atom stereocenters. The Morgan fingerprint density at radius 1 is 0.931 bits per heavy atom. The lowest BCUT2D eigenvalue weighted by atomic mass is 9.97. The Labute approximate surface area is 171 Å². The van der Waals surface area contributed by atoms with E-state index in [1.165, 1.54) is 5.56 Å². The fraction of sp³-hybridized carbons (Fsp3) is 0.200. The number of nitrogens with zero attached hydrogens (tertiary/aromatic N) is 1. The maximum atomic E-state index is 12.9. The highest BCUT2D eigenvalue weighted by atomic mass is 16.1. The average Bonchev–Trinajstić information content (AvgIpc) is 3.19. The molecule has 4 aromatic rings. The third-order valence-electron chi connectivity index (χ3n) is 5.22. The first kappa shape index (κ1) is 18.9. The largest absolute Gasteiger partial charge is 0.346 e. The first-order valence-corrected chi connectivity index (χ1v) is 10.0. The number of amides is 1. The zero-order valence-corrected chi connectivity index (χ0v) is 16.5. The van der Waals surface area contributed by atoms with Crippen LogP contribution in [0.5, 0.6) is 0 Å². The second-order valence-corrected chi connectivity index (χ2v) is 7.46. The van der Waals surface area contributed by atoms with Crippen molar-refractivity contribution in [2.75, 3.05) is 0 Å². The Morgan fingerprint density at radius 2 is 1.59 bits per heavy atom. The molecular weight excluding hydrogens is 358 g/mol. The van der Waals surface area contributed by atoms with Gasteiger partial charge in [0.25, 0.3) is 0 Å². The third kappa shape index (κ3) is 4.72. The fourth-order valence-corrected chi connectivity index (χ4v) is 3.63. The van der Waals surface area contributed by atoms with Crippen molar-refractivity contribution >= 4 is 16.9 Å². The van der Waals surface area contributed by atoms with E-state index in [1.54, 1.807) is 0 Å². The molecule has 0 radical (unpaired) electrons. The van der Waals surface area contributed by atoms with E-state index in [4.69, 9.17) is 4.98 Å². The number of aromatic nitrogens is 2. The van der Waals surface area contributed by atoms with Gasteiger partial charge in [-0.15, -0.1) is 0 Å². The van der Waals surface area contributed by atoms with Crippen LogP contribution in [0.2, 0.25) is 0 Å². The SMILES string of the molecule is C[C@@H](CC(=O)N[C@@H](Cc1ccccc1)c1nc2ccccc2[nH]1)c1ccccc1. The zero-order valence-electron chi connectivity index (χ0n) is 16.5. The molecule has 1 aromatic heterocycles. The maximum Gasteiger partial charge on any atom is 0.221 e. The number of aromatic amines is 1. The van der Waals surface area contributed by atoms with Crippen LogP contribution in [0.25, 0.3) is 11.0 Å². The van der Waals surface area contributed by atoms with Crippen molar-refractivity contribution in [3.63, 3.8) is 0 Å². The summed E-state index contributed by atoms with van der Waals surface area (Å²) in [5, 5.41) is 3.21. The van der Waals surface area contributed by atoms with Gasteiger partial charge in [0, 0.05) is 6.42 Å². The van der Waals surface area contributed by atoms with Crippen molar-refractivity contribution in [3.8, 4) is 0 Å². The molecule has 0 saturated heterocycles.